The number of para-hydroxylation sites is 1. The number of thiazole rings is 1. The highest BCUT2D eigenvalue weighted by atomic mass is 32.2. The number of nitrogens with zero attached hydrogens (tertiary/aromatic N) is 5. The summed E-state index contributed by atoms with van der Waals surface area (Å²) in [6.45, 7) is 7.12. The number of hydrogen-bond acceptors (Lipinski definition) is 8. The van der Waals surface area contributed by atoms with E-state index in [4.69, 9.17) is 0 Å². The molecule has 0 unspecified atom stereocenters. The van der Waals surface area contributed by atoms with Crippen LogP contribution < -0.4 is 0 Å². The first kappa shape index (κ1) is 21.3. The van der Waals surface area contributed by atoms with Crippen LogP contribution in [0.15, 0.2) is 34.5 Å². The van der Waals surface area contributed by atoms with E-state index in [2.05, 4.69) is 15.2 Å². The van der Waals surface area contributed by atoms with E-state index in [1.807, 2.05) is 24.3 Å². The fourth-order valence-corrected chi connectivity index (χ4v) is 5.52. The van der Waals surface area contributed by atoms with E-state index in [9.17, 15) is 18.0 Å². The molecular weight excluding hydrogens is 414 g/mol. The Labute approximate surface area is 173 Å². The summed E-state index contributed by atoms with van der Waals surface area (Å²) in [4.78, 5) is 30.0. The van der Waals surface area contributed by atoms with Gasteiger partial charge in [-0.25, -0.2) is 13.6 Å². The lowest BCUT2D eigenvalue weighted by Crippen LogP contribution is -2.62. The number of rotatable bonds is 6. The summed E-state index contributed by atoms with van der Waals surface area (Å²) >= 11 is 1.27. The van der Waals surface area contributed by atoms with Crippen LogP contribution in [0.1, 0.15) is 27.7 Å². The minimum absolute atomic E-state index is 0.0315. The summed E-state index contributed by atoms with van der Waals surface area (Å²) in [7, 11) is -4.24. The minimum Gasteiger partial charge on any atom is -0.271 e. The number of hydrogen-bond donors (Lipinski definition) is 0. The molecule has 0 bridgehead atoms. The van der Waals surface area contributed by atoms with Crippen molar-refractivity contribution in [2.75, 3.05) is 13.1 Å². The van der Waals surface area contributed by atoms with Crippen LogP contribution in [0.5, 0.6) is 0 Å². The van der Waals surface area contributed by atoms with E-state index in [-0.39, 0.29) is 24.9 Å². The van der Waals surface area contributed by atoms with Crippen LogP contribution >= 0.6 is 11.3 Å². The highest BCUT2D eigenvalue weighted by Crippen LogP contribution is 2.29. The smallest absolute Gasteiger partial charge is 0.271 e. The highest BCUT2D eigenvalue weighted by molar-refractivity contribution is 7.88. The van der Waals surface area contributed by atoms with Gasteiger partial charge in [-0.1, -0.05) is 51.2 Å². The van der Waals surface area contributed by atoms with Gasteiger partial charge in [0.05, 0.1) is 10.2 Å². The quantitative estimate of drug-likeness (QED) is 0.509. The van der Waals surface area contributed by atoms with Gasteiger partial charge in [0.15, 0.2) is 0 Å². The SMILES string of the molecule is CC(C)CN1C(=O)C(N=Nc2nc3ccccc3s2)C(=O)N(CC(C)C)S1(=O)=O. The van der Waals surface area contributed by atoms with E-state index < -0.39 is 28.1 Å². The maximum Gasteiger partial charge on any atom is 0.330 e. The number of amides is 2. The number of carbonyl (C=O) groups is 2. The van der Waals surface area contributed by atoms with Crippen LogP contribution in [0.2, 0.25) is 0 Å². The zero-order valence-electron chi connectivity index (χ0n) is 16.6. The van der Waals surface area contributed by atoms with Gasteiger partial charge in [-0.2, -0.15) is 13.5 Å². The second-order valence-electron chi connectivity index (χ2n) is 7.62. The summed E-state index contributed by atoms with van der Waals surface area (Å²) in [5, 5.41) is 8.20. The minimum atomic E-state index is -4.24. The second-order valence-corrected chi connectivity index (χ2v) is 10.4. The molecule has 1 aliphatic rings. The van der Waals surface area contributed by atoms with Crippen molar-refractivity contribution in [1.29, 1.82) is 0 Å². The molecule has 0 aliphatic carbocycles. The van der Waals surface area contributed by atoms with Crippen LogP contribution in [0, 0.1) is 11.8 Å². The number of aromatic nitrogens is 1. The van der Waals surface area contributed by atoms with Crippen molar-refractivity contribution in [2.24, 2.45) is 22.1 Å². The zero-order valence-corrected chi connectivity index (χ0v) is 18.3. The third-order valence-corrected chi connectivity index (χ3v) is 6.81. The lowest BCUT2D eigenvalue weighted by molar-refractivity contribution is -0.141. The van der Waals surface area contributed by atoms with Crippen LogP contribution in [-0.4, -0.2) is 53.0 Å². The highest BCUT2D eigenvalue weighted by Gasteiger charge is 2.50. The number of benzene rings is 1. The zero-order chi connectivity index (χ0) is 21.3. The maximum absolute atomic E-state index is 12.9. The number of azo groups is 1. The summed E-state index contributed by atoms with van der Waals surface area (Å²) in [5.74, 6) is -1.98. The van der Waals surface area contributed by atoms with Gasteiger partial charge < -0.3 is 0 Å². The Bertz CT molecular complexity index is 992. The average Bonchev–Trinajstić information content (AvgIpc) is 3.05. The van der Waals surface area contributed by atoms with Crippen molar-refractivity contribution in [3.63, 3.8) is 0 Å². The molecule has 0 radical (unpaired) electrons. The van der Waals surface area contributed by atoms with Crippen LogP contribution in [0.3, 0.4) is 0 Å². The molecule has 0 atom stereocenters. The van der Waals surface area contributed by atoms with Crippen molar-refractivity contribution < 1.29 is 18.0 Å². The topological polar surface area (TPSA) is 112 Å². The fourth-order valence-electron chi connectivity index (χ4n) is 2.87. The normalized spacial score (nSPS) is 18.1. The molecule has 0 N–H and O–H groups in total. The Balaban J connectivity index is 1.96. The van der Waals surface area contributed by atoms with Gasteiger partial charge in [-0.3, -0.25) is 9.59 Å². The van der Waals surface area contributed by atoms with Crippen LogP contribution in [0.25, 0.3) is 10.2 Å². The molecule has 2 aromatic rings. The van der Waals surface area contributed by atoms with Crippen molar-refractivity contribution in [2.45, 2.75) is 33.7 Å². The average molecular weight is 438 g/mol. The lowest BCUT2D eigenvalue weighted by atomic mass is 10.2. The van der Waals surface area contributed by atoms with E-state index in [1.54, 1.807) is 27.7 Å². The van der Waals surface area contributed by atoms with Gasteiger partial charge in [-0.15, -0.1) is 5.11 Å². The standard InChI is InChI=1S/C18H23N5O4S2/c1-11(2)9-22-16(24)15(17(25)23(10-12(3)4)29(22,26)27)20-21-18-19-13-7-5-6-8-14(13)28-18/h5-8,11-12,15H,9-10H2,1-4H3. The molecule has 3 rings (SSSR count). The largest absolute Gasteiger partial charge is 0.330 e. The Morgan fingerprint density at radius 2 is 1.59 bits per heavy atom. The van der Waals surface area contributed by atoms with Gasteiger partial charge in [0.1, 0.15) is 0 Å². The molecule has 11 heteroatoms. The first-order valence-corrected chi connectivity index (χ1v) is 11.5. The van der Waals surface area contributed by atoms with E-state index in [1.165, 1.54) is 11.3 Å². The molecule has 9 nitrogen and oxygen atoms in total. The van der Waals surface area contributed by atoms with E-state index in [0.717, 1.165) is 18.8 Å². The van der Waals surface area contributed by atoms with Crippen LogP contribution in [0.4, 0.5) is 5.13 Å². The predicted molar refractivity (Wildman–Crippen MR) is 110 cm³/mol. The van der Waals surface area contributed by atoms with Gasteiger partial charge in [0.2, 0.25) is 11.2 Å². The van der Waals surface area contributed by atoms with Crippen molar-refractivity contribution >= 4 is 48.7 Å². The molecule has 1 fully saturated rings. The molecule has 156 valence electrons. The van der Waals surface area contributed by atoms with E-state index >= 15 is 0 Å². The first-order chi connectivity index (χ1) is 13.6. The van der Waals surface area contributed by atoms with Gasteiger partial charge in [0, 0.05) is 13.1 Å². The lowest BCUT2D eigenvalue weighted by Gasteiger charge is -2.37. The summed E-state index contributed by atoms with van der Waals surface area (Å²) in [6, 6.07) is 5.87. The molecular formula is C18H23N5O4S2. The summed E-state index contributed by atoms with van der Waals surface area (Å²) in [6.07, 6.45) is 0. The monoisotopic (exact) mass is 437 g/mol. The third kappa shape index (κ3) is 4.30. The van der Waals surface area contributed by atoms with Gasteiger partial charge in [0.25, 0.3) is 11.8 Å². The van der Waals surface area contributed by atoms with Crippen molar-refractivity contribution in [3.05, 3.63) is 24.3 Å². The van der Waals surface area contributed by atoms with E-state index in [0.29, 0.717) is 5.13 Å². The van der Waals surface area contributed by atoms with Crippen molar-refractivity contribution in [1.82, 2.24) is 13.6 Å². The van der Waals surface area contributed by atoms with Crippen molar-refractivity contribution in [3.8, 4) is 0 Å². The number of carbonyl (C=O) groups excluding carboxylic acids is 2. The molecule has 2 amide bonds. The third-order valence-electron chi connectivity index (χ3n) is 4.12. The molecule has 1 saturated heterocycles. The number of fused-ring (bicyclic) bond motifs is 1. The Hall–Kier alpha value is -2.40. The first-order valence-electron chi connectivity index (χ1n) is 9.25. The maximum atomic E-state index is 12.9. The van der Waals surface area contributed by atoms with Gasteiger partial charge in [-0.05, 0) is 24.0 Å². The predicted octanol–water partition coefficient (Wildman–Crippen LogP) is 2.98. The molecule has 29 heavy (non-hydrogen) atoms. The van der Waals surface area contributed by atoms with Crippen LogP contribution in [-0.2, 0) is 19.8 Å². The summed E-state index contributed by atoms with van der Waals surface area (Å²) in [5.41, 5.74) is 0.734. The molecule has 1 aromatic carbocycles. The molecule has 0 spiro atoms. The molecule has 2 heterocycles. The van der Waals surface area contributed by atoms with Gasteiger partial charge >= 0.3 is 10.2 Å². The molecule has 0 saturated carbocycles. The Morgan fingerprint density at radius 1 is 1.03 bits per heavy atom. The Morgan fingerprint density at radius 3 is 2.10 bits per heavy atom. The second kappa shape index (κ2) is 8.15. The molecule has 1 aromatic heterocycles. The Kier molecular flexibility index (Phi) is 5.99. The summed E-state index contributed by atoms with van der Waals surface area (Å²) < 4.78 is 28.1. The fraction of sp³-hybridized carbons (Fsp3) is 0.500. The molecule has 1 aliphatic heterocycles.